The van der Waals surface area contributed by atoms with Crippen molar-refractivity contribution < 1.29 is 13.9 Å². The molecule has 2 heterocycles. The van der Waals surface area contributed by atoms with E-state index >= 15 is 0 Å². The maximum absolute atomic E-state index is 13.7. The van der Waals surface area contributed by atoms with Gasteiger partial charge in [-0.1, -0.05) is 42.1 Å². The van der Waals surface area contributed by atoms with Gasteiger partial charge in [-0.15, -0.1) is 0 Å². The quantitative estimate of drug-likeness (QED) is 0.499. The number of hydrogen-bond donors (Lipinski definition) is 1. The standard InChI is InChI=1S/C22H20FN3O3S/c1-26-20-19(21(28)25-22(26)30-2)16(11-18(27)24-20)13-7-9-15(10-8-13)29-12-14-5-3-4-6-17(14)23/h3-10,16H,11-12H2,1-2H3,(H,24,27). The Bertz CT molecular complexity index is 1160. The topological polar surface area (TPSA) is 73.2 Å². The van der Waals surface area contributed by atoms with Crippen LogP contribution in [0.15, 0.2) is 58.5 Å². The van der Waals surface area contributed by atoms with Gasteiger partial charge >= 0.3 is 0 Å². The molecule has 0 radical (unpaired) electrons. The first-order valence-electron chi connectivity index (χ1n) is 9.39. The molecule has 0 saturated carbocycles. The predicted octanol–water partition coefficient (Wildman–Crippen LogP) is 3.69. The van der Waals surface area contributed by atoms with Gasteiger partial charge in [0.25, 0.3) is 5.56 Å². The van der Waals surface area contributed by atoms with Crippen LogP contribution in [0, 0.1) is 5.82 Å². The van der Waals surface area contributed by atoms with Crippen LogP contribution in [-0.4, -0.2) is 21.7 Å². The number of aromatic nitrogens is 2. The molecule has 6 nitrogen and oxygen atoms in total. The summed E-state index contributed by atoms with van der Waals surface area (Å²) in [4.78, 5) is 29.2. The maximum atomic E-state index is 13.7. The maximum Gasteiger partial charge on any atom is 0.279 e. The van der Waals surface area contributed by atoms with Crippen molar-refractivity contribution in [3.8, 4) is 5.75 Å². The van der Waals surface area contributed by atoms with Crippen LogP contribution in [0.25, 0.3) is 0 Å². The van der Waals surface area contributed by atoms with Gasteiger partial charge in [-0.2, -0.15) is 4.98 Å². The number of carbonyl (C=O) groups excluding carboxylic acids is 1. The molecule has 154 valence electrons. The van der Waals surface area contributed by atoms with E-state index in [0.717, 1.165) is 5.56 Å². The molecule has 0 fully saturated rings. The van der Waals surface area contributed by atoms with E-state index in [1.54, 1.807) is 41.9 Å². The third-order valence-corrected chi connectivity index (χ3v) is 5.85. The molecule has 1 aliphatic rings. The molecule has 1 atom stereocenters. The third kappa shape index (κ3) is 3.82. The highest BCUT2D eigenvalue weighted by Gasteiger charge is 2.31. The number of ether oxygens (including phenoxy) is 1. The molecule has 3 aromatic rings. The molecular formula is C22H20FN3O3S. The van der Waals surface area contributed by atoms with Crippen LogP contribution >= 0.6 is 11.8 Å². The summed E-state index contributed by atoms with van der Waals surface area (Å²) in [6.07, 6.45) is 1.99. The average molecular weight is 425 g/mol. The fraction of sp³-hybridized carbons (Fsp3) is 0.227. The lowest BCUT2D eigenvalue weighted by Gasteiger charge is -2.27. The first-order valence-corrected chi connectivity index (χ1v) is 10.6. The number of benzene rings is 2. The van der Waals surface area contributed by atoms with Crippen LogP contribution in [0.3, 0.4) is 0 Å². The summed E-state index contributed by atoms with van der Waals surface area (Å²) in [5.74, 6) is 0.204. The van der Waals surface area contributed by atoms with Crippen molar-refractivity contribution in [2.24, 2.45) is 7.05 Å². The number of hydrogen-bond acceptors (Lipinski definition) is 5. The fourth-order valence-corrected chi connectivity index (χ4v) is 4.11. The van der Waals surface area contributed by atoms with E-state index in [-0.39, 0.29) is 30.3 Å². The minimum atomic E-state index is -0.392. The SMILES string of the molecule is CSc1nc(=O)c2c(n1C)NC(=O)CC2c1ccc(OCc2ccccc2F)cc1. The summed E-state index contributed by atoms with van der Waals surface area (Å²) in [5, 5.41) is 3.35. The monoisotopic (exact) mass is 425 g/mol. The van der Waals surface area contributed by atoms with Crippen LogP contribution in [0.4, 0.5) is 10.2 Å². The second-order valence-electron chi connectivity index (χ2n) is 6.98. The largest absolute Gasteiger partial charge is 0.489 e. The molecule has 8 heteroatoms. The van der Waals surface area contributed by atoms with Crippen molar-refractivity contribution >= 4 is 23.5 Å². The Morgan fingerprint density at radius 3 is 2.63 bits per heavy atom. The first-order chi connectivity index (χ1) is 14.5. The molecule has 1 unspecified atom stereocenters. The van der Waals surface area contributed by atoms with Gasteiger partial charge in [-0.25, -0.2) is 4.39 Å². The third-order valence-electron chi connectivity index (χ3n) is 5.12. The van der Waals surface area contributed by atoms with Crippen molar-refractivity contribution in [2.45, 2.75) is 24.1 Å². The van der Waals surface area contributed by atoms with E-state index in [2.05, 4.69) is 10.3 Å². The predicted molar refractivity (Wildman–Crippen MR) is 114 cm³/mol. The number of amides is 1. The molecule has 0 saturated heterocycles. The molecule has 0 bridgehead atoms. The molecule has 1 amide bonds. The lowest BCUT2D eigenvalue weighted by molar-refractivity contribution is -0.116. The molecular weight excluding hydrogens is 405 g/mol. The zero-order valence-corrected chi connectivity index (χ0v) is 17.3. The van der Waals surface area contributed by atoms with Crippen molar-refractivity contribution in [3.05, 3.63) is 81.4 Å². The van der Waals surface area contributed by atoms with Gasteiger partial charge in [0.1, 0.15) is 24.0 Å². The van der Waals surface area contributed by atoms with E-state index < -0.39 is 5.92 Å². The lowest BCUT2D eigenvalue weighted by atomic mass is 9.87. The van der Waals surface area contributed by atoms with E-state index in [4.69, 9.17) is 4.74 Å². The highest BCUT2D eigenvalue weighted by atomic mass is 32.2. The van der Waals surface area contributed by atoms with Gasteiger partial charge in [0.2, 0.25) is 5.91 Å². The molecule has 1 aromatic heterocycles. The normalized spacial score (nSPS) is 15.4. The smallest absolute Gasteiger partial charge is 0.279 e. The highest BCUT2D eigenvalue weighted by Crippen LogP contribution is 2.36. The summed E-state index contributed by atoms with van der Waals surface area (Å²) in [7, 11) is 1.78. The number of nitrogens with one attached hydrogen (secondary N) is 1. The van der Waals surface area contributed by atoms with E-state index in [1.165, 1.54) is 17.8 Å². The van der Waals surface area contributed by atoms with Gasteiger partial charge in [0, 0.05) is 24.9 Å². The Labute approximate surface area is 177 Å². The van der Waals surface area contributed by atoms with E-state index in [9.17, 15) is 14.0 Å². The van der Waals surface area contributed by atoms with Crippen molar-refractivity contribution in [1.82, 2.24) is 9.55 Å². The number of anilines is 1. The number of nitrogens with zero attached hydrogens (tertiary/aromatic N) is 2. The van der Waals surface area contributed by atoms with Gasteiger partial charge in [-0.05, 0) is 30.0 Å². The fourth-order valence-electron chi connectivity index (χ4n) is 3.58. The Morgan fingerprint density at radius 1 is 1.20 bits per heavy atom. The summed E-state index contributed by atoms with van der Waals surface area (Å²) in [6, 6.07) is 13.6. The van der Waals surface area contributed by atoms with Crippen LogP contribution in [-0.2, 0) is 18.4 Å². The zero-order valence-electron chi connectivity index (χ0n) is 16.5. The van der Waals surface area contributed by atoms with Crippen LogP contribution in [0.5, 0.6) is 5.75 Å². The van der Waals surface area contributed by atoms with Crippen molar-refractivity contribution in [3.63, 3.8) is 0 Å². The van der Waals surface area contributed by atoms with Crippen LogP contribution < -0.4 is 15.6 Å². The van der Waals surface area contributed by atoms with E-state index in [1.807, 2.05) is 18.4 Å². The Kier molecular flexibility index (Phi) is 5.59. The van der Waals surface area contributed by atoms with Crippen molar-refractivity contribution in [2.75, 3.05) is 11.6 Å². The summed E-state index contributed by atoms with van der Waals surface area (Å²) in [6.45, 7) is 0.114. The summed E-state index contributed by atoms with van der Waals surface area (Å²) < 4.78 is 21.2. The molecule has 0 aliphatic carbocycles. The lowest BCUT2D eigenvalue weighted by Crippen LogP contribution is -2.33. The summed E-state index contributed by atoms with van der Waals surface area (Å²) >= 11 is 1.34. The second-order valence-corrected chi connectivity index (χ2v) is 7.75. The summed E-state index contributed by atoms with van der Waals surface area (Å²) in [5.41, 5.74) is 1.44. The zero-order chi connectivity index (χ0) is 21.3. The van der Waals surface area contributed by atoms with Crippen molar-refractivity contribution in [1.29, 1.82) is 0 Å². The van der Waals surface area contributed by atoms with Gasteiger partial charge < -0.3 is 14.6 Å². The molecule has 0 spiro atoms. The molecule has 1 N–H and O–H groups in total. The molecule has 2 aromatic carbocycles. The Balaban J connectivity index is 1.61. The van der Waals surface area contributed by atoms with Gasteiger partial charge in [0.05, 0.1) is 5.56 Å². The highest BCUT2D eigenvalue weighted by molar-refractivity contribution is 7.98. The van der Waals surface area contributed by atoms with Gasteiger partial charge in [0.15, 0.2) is 5.16 Å². The second kappa shape index (κ2) is 8.31. The first kappa shape index (κ1) is 20.2. The molecule has 30 heavy (non-hydrogen) atoms. The Hall–Kier alpha value is -3.13. The molecule has 4 rings (SSSR count). The number of halogens is 1. The molecule has 1 aliphatic heterocycles. The van der Waals surface area contributed by atoms with Crippen LogP contribution in [0.1, 0.15) is 29.0 Å². The minimum Gasteiger partial charge on any atom is -0.489 e. The number of thioether (sulfide) groups is 1. The average Bonchev–Trinajstić information content (AvgIpc) is 2.75. The van der Waals surface area contributed by atoms with Crippen LogP contribution in [0.2, 0.25) is 0 Å². The van der Waals surface area contributed by atoms with E-state index in [0.29, 0.717) is 27.9 Å². The number of carbonyl (C=O) groups is 1. The number of fused-ring (bicyclic) bond motifs is 1. The van der Waals surface area contributed by atoms with Gasteiger partial charge in [-0.3, -0.25) is 9.59 Å². The Morgan fingerprint density at radius 2 is 1.93 bits per heavy atom. The minimum absolute atomic E-state index is 0.114. The number of rotatable bonds is 5.